The Morgan fingerprint density at radius 3 is 2.29 bits per heavy atom. The summed E-state index contributed by atoms with van der Waals surface area (Å²) < 4.78 is 0. The van der Waals surface area contributed by atoms with Gasteiger partial charge in [0.1, 0.15) is 0 Å². The average Bonchev–Trinajstić information content (AvgIpc) is 1.97. The van der Waals surface area contributed by atoms with Crippen LogP contribution in [0.25, 0.3) is 0 Å². The maximum Gasteiger partial charge on any atom is 0.0658 e. The van der Waals surface area contributed by atoms with Crippen LogP contribution in [0.1, 0.15) is 58.3 Å². The van der Waals surface area contributed by atoms with E-state index in [1.165, 1.54) is 32.1 Å². The Bertz CT molecular complexity index is 232. The van der Waals surface area contributed by atoms with Crippen molar-refractivity contribution in [2.45, 2.75) is 63.9 Å². The van der Waals surface area contributed by atoms with Gasteiger partial charge in [-0.1, -0.05) is 13.3 Å². The summed E-state index contributed by atoms with van der Waals surface area (Å²) in [7, 11) is 0. The van der Waals surface area contributed by atoms with Gasteiger partial charge in [-0.25, -0.2) is 0 Å². The van der Waals surface area contributed by atoms with Crippen LogP contribution in [0.5, 0.6) is 0 Å². The molecule has 4 aliphatic carbocycles. The Balaban J connectivity index is 1.89. The molecule has 0 aromatic rings. The van der Waals surface area contributed by atoms with E-state index in [1.807, 2.05) is 0 Å². The maximum absolute atomic E-state index is 10.5. The molecule has 4 rings (SSSR count). The van der Waals surface area contributed by atoms with Crippen molar-refractivity contribution in [1.82, 2.24) is 0 Å². The van der Waals surface area contributed by atoms with Gasteiger partial charge in [0.2, 0.25) is 0 Å². The second kappa shape index (κ2) is 2.75. The smallest absolute Gasteiger partial charge is 0.0658 e. The molecule has 80 valence electrons. The molecule has 4 aliphatic rings. The fraction of sp³-hybridized carbons (Fsp3) is 1.00. The predicted molar refractivity (Wildman–Crippen MR) is 57.0 cm³/mol. The Kier molecular flexibility index (Phi) is 1.81. The molecule has 0 radical (unpaired) electrons. The minimum absolute atomic E-state index is 0.237. The Morgan fingerprint density at radius 1 is 1.14 bits per heavy atom. The Labute approximate surface area is 86.9 Å². The van der Waals surface area contributed by atoms with Crippen molar-refractivity contribution < 1.29 is 5.11 Å². The molecule has 4 fully saturated rings. The van der Waals surface area contributed by atoms with Crippen molar-refractivity contribution in [2.24, 2.45) is 17.3 Å². The number of aliphatic hydroxyl groups is 1. The van der Waals surface area contributed by atoms with Crippen LogP contribution in [0.15, 0.2) is 0 Å². The lowest BCUT2D eigenvalue weighted by molar-refractivity contribution is -0.165. The van der Waals surface area contributed by atoms with E-state index in [9.17, 15) is 5.11 Å². The molecule has 2 unspecified atom stereocenters. The maximum atomic E-state index is 10.5. The summed E-state index contributed by atoms with van der Waals surface area (Å²) in [5.41, 5.74) is 0.326. The molecule has 4 atom stereocenters. The first kappa shape index (κ1) is 9.21. The highest BCUT2D eigenvalue weighted by Crippen LogP contribution is 2.63. The van der Waals surface area contributed by atoms with Gasteiger partial charge in [-0.2, -0.15) is 0 Å². The molecule has 1 nitrogen and oxygen atoms in total. The minimum atomic E-state index is -0.237. The molecule has 0 spiro atoms. The summed E-state index contributed by atoms with van der Waals surface area (Å²) in [4.78, 5) is 0. The highest BCUT2D eigenvalue weighted by Gasteiger charge is 2.56. The van der Waals surface area contributed by atoms with Crippen molar-refractivity contribution in [2.75, 3.05) is 0 Å². The van der Waals surface area contributed by atoms with E-state index in [2.05, 4.69) is 6.92 Å². The number of hydrogen-bond donors (Lipinski definition) is 1. The third-order valence-electron chi connectivity index (χ3n) is 4.93. The van der Waals surface area contributed by atoms with Gasteiger partial charge in [0.05, 0.1) is 5.60 Å². The summed E-state index contributed by atoms with van der Waals surface area (Å²) in [5, 5.41) is 10.5. The van der Waals surface area contributed by atoms with Crippen LogP contribution in [0.2, 0.25) is 0 Å². The molecule has 4 bridgehead atoms. The van der Waals surface area contributed by atoms with Gasteiger partial charge in [-0.15, -0.1) is 0 Å². The molecule has 0 aromatic carbocycles. The largest absolute Gasteiger partial charge is 0.390 e. The summed E-state index contributed by atoms with van der Waals surface area (Å²) >= 11 is 0. The predicted octanol–water partition coefficient (Wildman–Crippen LogP) is 3.12. The van der Waals surface area contributed by atoms with Crippen molar-refractivity contribution in [3.63, 3.8) is 0 Å². The monoisotopic (exact) mass is 194 g/mol. The van der Waals surface area contributed by atoms with Crippen molar-refractivity contribution in [3.8, 4) is 0 Å². The molecule has 0 aromatic heterocycles. The Morgan fingerprint density at radius 2 is 1.79 bits per heavy atom. The zero-order valence-electron chi connectivity index (χ0n) is 9.26. The summed E-state index contributed by atoms with van der Waals surface area (Å²) in [6, 6.07) is 0. The van der Waals surface area contributed by atoms with E-state index < -0.39 is 0 Å². The lowest BCUT2D eigenvalue weighted by atomic mass is 9.47. The van der Waals surface area contributed by atoms with E-state index in [1.54, 1.807) is 0 Å². The first-order valence-electron chi connectivity index (χ1n) is 6.36. The van der Waals surface area contributed by atoms with Gasteiger partial charge in [-0.3, -0.25) is 0 Å². The van der Waals surface area contributed by atoms with Crippen LogP contribution in [0.3, 0.4) is 0 Å². The molecular weight excluding hydrogens is 172 g/mol. The van der Waals surface area contributed by atoms with E-state index >= 15 is 0 Å². The average molecular weight is 194 g/mol. The van der Waals surface area contributed by atoms with E-state index in [4.69, 9.17) is 0 Å². The lowest BCUT2D eigenvalue weighted by Gasteiger charge is -2.60. The number of hydrogen-bond acceptors (Lipinski definition) is 1. The SMILES string of the molecule is CCCC12C[C@@H]3C[C@@H](CC(O)(C3)C1)C2. The molecule has 0 amide bonds. The van der Waals surface area contributed by atoms with Crippen LogP contribution in [-0.4, -0.2) is 10.7 Å². The zero-order valence-corrected chi connectivity index (χ0v) is 9.26. The van der Waals surface area contributed by atoms with Gasteiger partial charge in [0.25, 0.3) is 0 Å². The lowest BCUT2D eigenvalue weighted by Crippen LogP contribution is -2.55. The molecular formula is C13H22O. The van der Waals surface area contributed by atoms with Gasteiger partial charge in [-0.05, 0) is 62.2 Å². The van der Waals surface area contributed by atoms with Crippen molar-refractivity contribution in [1.29, 1.82) is 0 Å². The Hall–Kier alpha value is -0.0400. The van der Waals surface area contributed by atoms with E-state index in [0.717, 1.165) is 31.1 Å². The molecule has 1 heteroatoms. The normalized spacial score (nSPS) is 55.3. The third kappa shape index (κ3) is 1.25. The summed E-state index contributed by atoms with van der Waals surface area (Å²) in [6.45, 7) is 2.29. The topological polar surface area (TPSA) is 20.2 Å². The molecule has 0 aliphatic heterocycles. The highest BCUT2D eigenvalue weighted by atomic mass is 16.3. The van der Waals surface area contributed by atoms with Crippen LogP contribution >= 0.6 is 0 Å². The van der Waals surface area contributed by atoms with Gasteiger partial charge >= 0.3 is 0 Å². The minimum Gasteiger partial charge on any atom is -0.390 e. The molecule has 0 saturated heterocycles. The van der Waals surface area contributed by atoms with Gasteiger partial charge < -0.3 is 5.11 Å². The van der Waals surface area contributed by atoms with Crippen LogP contribution in [0.4, 0.5) is 0 Å². The fourth-order valence-corrected chi connectivity index (χ4v) is 5.22. The summed E-state index contributed by atoms with van der Waals surface area (Å²) in [6.07, 6.45) is 10.3. The van der Waals surface area contributed by atoms with Crippen molar-refractivity contribution in [3.05, 3.63) is 0 Å². The van der Waals surface area contributed by atoms with Crippen LogP contribution in [-0.2, 0) is 0 Å². The quantitative estimate of drug-likeness (QED) is 0.716. The van der Waals surface area contributed by atoms with E-state index in [-0.39, 0.29) is 5.60 Å². The first-order chi connectivity index (χ1) is 6.63. The first-order valence-corrected chi connectivity index (χ1v) is 6.36. The highest BCUT2D eigenvalue weighted by molar-refractivity contribution is 5.07. The standard InChI is InChI=1S/C13H22O/c1-2-3-12-5-10-4-11(6-12)8-13(14,7-10)9-12/h10-11,14H,2-9H2,1H3/t10-,11+,12?,13?. The second-order valence-electron chi connectivity index (χ2n) is 6.44. The molecule has 14 heavy (non-hydrogen) atoms. The molecule has 4 saturated carbocycles. The van der Waals surface area contributed by atoms with Crippen molar-refractivity contribution >= 4 is 0 Å². The van der Waals surface area contributed by atoms with Gasteiger partial charge in [0, 0.05) is 0 Å². The fourth-order valence-electron chi connectivity index (χ4n) is 5.22. The van der Waals surface area contributed by atoms with Crippen LogP contribution in [0, 0.1) is 17.3 Å². The zero-order chi connectivity index (χ0) is 9.81. The second-order valence-corrected chi connectivity index (χ2v) is 6.44. The van der Waals surface area contributed by atoms with E-state index in [0.29, 0.717) is 5.41 Å². The number of rotatable bonds is 2. The van der Waals surface area contributed by atoms with Crippen LogP contribution < -0.4 is 0 Å². The molecule has 0 heterocycles. The van der Waals surface area contributed by atoms with Gasteiger partial charge in [0.15, 0.2) is 0 Å². The third-order valence-corrected chi connectivity index (χ3v) is 4.93. The summed E-state index contributed by atoms with van der Waals surface area (Å²) in [5.74, 6) is 1.74. The molecule has 1 N–H and O–H groups in total.